The highest BCUT2D eigenvalue weighted by atomic mass is 16.2. The number of nitrogens with one attached hydrogen (secondary N) is 1. The molecule has 3 fully saturated rings. The number of nitrogens with zero attached hydrogens (tertiary/aromatic N) is 2. The smallest absolute Gasteiger partial charge is 0.239 e. The van der Waals surface area contributed by atoms with Gasteiger partial charge in [0.15, 0.2) is 0 Å². The molecule has 3 aliphatic rings. The Labute approximate surface area is 116 Å². The minimum absolute atomic E-state index is 0.108. The molecule has 1 atom stereocenters. The van der Waals surface area contributed by atoms with Crippen molar-refractivity contribution in [3.63, 3.8) is 0 Å². The van der Waals surface area contributed by atoms with Crippen molar-refractivity contribution in [2.75, 3.05) is 32.7 Å². The molecule has 0 radical (unpaired) electrons. The quantitative estimate of drug-likeness (QED) is 0.815. The van der Waals surface area contributed by atoms with Crippen molar-refractivity contribution in [1.82, 2.24) is 15.1 Å². The standard InChI is InChI=1S/C15H27N3O/c19-15(14-5-1-2-8-16-14)18-11-6-13(7-12-18)17-9-3-4-10-17/h13-14,16H,1-12H2/t14-/m1/s1. The summed E-state index contributed by atoms with van der Waals surface area (Å²) in [5.41, 5.74) is 0. The third kappa shape index (κ3) is 3.11. The van der Waals surface area contributed by atoms with Gasteiger partial charge >= 0.3 is 0 Å². The summed E-state index contributed by atoms with van der Waals surface area (Å²) in [6.45, 7) is 5.52. The average molecular weight is 265 g/mol. The zero-order valence-corrected chi connectivity index (χ0v) is 11.9. The van der Waals surface area contributed by atoms with E-state index in [0.717, 1.165) is 32.1 Å². The number of hydrogen-bond donors (Lipinski definition) is 1. The molecule has 4 heteroatoms. The van der Waals surface area contributed by atoms with Gasteiger partial charge in [0.1, 0.15) is 0 Å². The van der Waals surface area contributed by atoms with Crippen LogP contribution in [-0.2, 0) is 4.79 Å². The molecule has 0 aromatic heterocycles. The van der Waals surface area contributed by atoms with E-state index >= 15 is 0 Å². The Morgan fingerprint density at radius 2 is 1.63 bits per heavy atom. The monoisotopic (exact) mass is 265 g/mol. The zero-order valence-electron chi connectivity index (χ0n) is 11.9. The summed E-state index contributed by atoms with van der Waals surface area (Å²) in [5.74, 6) is 0.361. The van der Waals surface area contributed by atoms with E-state index in [1.54, 1.807) is 0 Å². The van der Waals surface area contributed by atoms with Gasteiger partial charge < -0.3 is 15.1 Å². The van der Waals surface area contributed by atoms with Gasteiger partial charge in [0, 0.05) is 19.1 Å². The van der Waals surface area contributed by atoms with Crippen LogP contribution in [0.1, 0.15) is 44.9 Å². The number of hydrogen-bond acceptors (Lipinski definition) is 3. The van der Waals surface area contributed by atoms with Crippen LogP contribution in [0.3, 0.4) is 0 Å². The van der Waals surface area contributed by atoms with Gasteiger partial charge in [0.05, 0.1) is 6.04 Å². The van der Waals surface area contributed by atoms with Gasteiger partial charge in [-0.15, -0.1) is 0 Å². The minimum Gasteiger partial charge on any atom is -0.341 e. The second kappa shape index (κ2) is 6.23. The molecule has 19 heavy (non-hydrogen) atoms. The van der Waals surface area contributed by atoms with Gasteiger partial charge in [0.25, 0.3) is 0 Å². The van der Waals surface area contributed by atoms with Crippen LogP contribution in [0.5, 0.6) is 0 Å². The van der Waals surface area contributed by atoms with Crippen molar-refractivity contribution in [1.29, 1.82) is 0 Å². The molecule has 4 nitrogen and oxygen atoms in total. The molecular formula is C15H27N3O. The Bertz CT molecular complexity index is 301. The van der Waals surface area contributed by atoms with Crippen molar-refractivity contribution in [3.05, 3.63) is 0 Å². The maximum Gasteiger partial charge on any atom is 0.239 e. The first-order valence-corrected chi connectivity index (χ1v) is 8.11. The molecule has 3 aliphatic heterocycles. The first-order chi connectivity index (χ1) is 9.34. The Hall–Kier alpha value is -0.610. The molecule has 0 aliphatic carbocycles. The molecule has 0 aromatic rings. The number of piperidine rings is 2. The van der Waals surface area contributed by atoms with Crippen molar-refractivity contribution in [3.8, 4) is 0 Å². The Kier molecular flexibility index (Phi) is 4.38. The molecule has 3 saturated heterocycles. The Balaban J connectivity index is 1.47. The summed E-state index contributed by atoms with van der Waals surface area (Å²) in [4.78, 5) is 17.2. The predicted octanol–water partition coefficient (Wildman–Crippen LogP) is 1.22. The van der Waals surface area contributed by atoms with E-state index in [0.29, 0.717) is 5.91 Å². The largest absolute Gasteiger partial charge is 0.341 e. The lowest BCUT2D eigenvalue weighted by molar-refractivity contribution is -0.135. The van der Waals surface area contributed by atoms with Gasteiger partial charge in [-0.05, 0) is 58.2 Å². The molecule has 1 N–H and O–H groups in total. The van der Waals surface area contributed by atoms with Crippen LogP contribution in [0.4, 0.5) is 0 Å². The van der Waals surface area contributed by atoms with E-state index in [4.69, 9.17) is 0 Å². The molecular weight excluding hydrogens is 238 g/mol. The minimum atomic E-state index is 0.108. The van der Waals surface area contributed by atoms with E-state index in [1.807, 2.05) is 0 Å². The molecule has 0 bridgehead atoms. The second-order valence-corrected chi connectivity index (χ2v) is 6.30. The number of amides is 1. The van der Waals surface area contributed by atoms with E-state index in [9.17, 15) is 4.79 Å². The lowest BCUT2D eigenvalue weighted by atomic mass is 10.00. The SMILES string of the molecule is O=C([C@H]1CCCCN1)N1CCC(N2CCCC2)CC1. The van der Waals surface area contributed by atoms with E-state index in [-0.39, 0.29) is 6.04 Å². The molecule has 0 spiro atoms. The van der Waals surface area contributed by atoms with Crippen molar-refractivity contribution < 1.29 is 4.79 Å². The molecule has 108 valence electrons. The highest BCUT2D eigenvalue weighted by molar-refractivity contribution is 5.82. The predicted molar refractivity (Wildman–Crippen MR) is 76.1 cm³/mol. The lowest BCUT2D eigenvalue weighted by Crippen LogP contribution is -2.52. The van der Waals surface area contributed by atoms with Gasteiger partial charge in [-0.2, -0.15) is 0 Å². The first-order valence-electron chi connectivity index (χ1n) is 8.11. The van der Waals surface area contributed by atoms with Gasteiger partial charge in [0.2, 0.25) is 5.91 Å². The van der Waals surface area contributed by atoms with Gasteiger partial charge in [-0.25, -0.2) is 0 Å². The molecule has 0 unspecified atom stereocenters. The topological polar surface area (TPSA) is 35.6 Å². The maximum atomic E-state index is 12.4. The summed E-state index contributed by atoms with van der Waals surface area (Å²) >= 11 is 0. The van der Waals surface area contributed by atoms with Gasteiger partial charge in [-0.1, -0.05) is 6.42 Å². The Morgan fingerprint density at radius 1 is 0.895 bits per heavy atom. The summed E-state index contributed by atoms with van der Waals surface area (Å²) in [6, 6.07) is 0.850. The maximum absolute atomic E-state index is 12.4. The normalized spacial score (nSPS) is 30.7. The van der Waals surface area contributed by atoms with Crippen molar-refractivity contribution in [2.45, 2.75) is 57.0 Å². The molecule has 0 saturated carbocycles. The van der Waals surface area contributed by atoms with Crippen LogP contribution in [-0.4, -0.2) is 60.5 Å². The van der Waals surface area contributed by atoms with E-state index in [2.05, 4.69) is 15.1 Å². The van der Waals surface area contributed by atoms with Gasteiger partial charge in [-0.3, -0.25) is 4.79 Å². The number of likely N-dealkylation sites (tertiary alicyclic amines) is 2. The third-order valence-electron chi connectivity index (χ3n) is 5.04. The number of carbonyl (C=O) groups is 1. The molecule has 1 amide bonds. The molecule has 3 rings (SSSR count). The highest BCUT2D eigenvalue weighted by Crippen LogP contribution is 2.22. The van der Waals surface area contributed by atoms with E-state index < -0.39 is 0 Å². The fourth-order valence-corrected chi connectivity index (χ4v) is 3.84. The lowest BCUT2D eigenvalue weighted by Gasteiger charge is -2.38. The van der Waals surface area contributed by atoms with Crippen LogP contribution in [0.15, 0.2) is 0 Å². The fourth-order valence-electron chi connectivity index (χ4n) is 3.84. The van der Waals surface area contributed by atoms with Crippen molar-refractivity contribution >= 4 is 5.91 Å². The third-order valence-corrected chi connectivity index (χ3v) is 5.04. The second-order valence-electron chi connectivity index (χ2n) is 6.30. The summed E-state index contributed by atoms with van der Waals surface area (Å²) < 4.78 is 0. The molecule has 3 heterocycles. The number of carbonyl (C=O) groups excluding carboxylic acids is 1. The van der Waals surface area contributed by atoms with Crippen molar-refractivity contribution in [2.24, 2.45) is 0 Å². The fraction of sp³-hybridized carbons (Fsp3) is 0.933. The van der Waals surface area contributed by atoms with Crippen LogP contribution >= 0.6 is 0 Å². The summed E-state index contributed by atoms with van der Waals surface area (Å²) in [6.07, 6.45) is 8.55. The van der Waals surface area contributed by atoms with Crippen LogP contribution in [0.25, 0.3) is 0 Å². The van der Waals surface area contributed by atoms with Crippen LogP contribution in [0, 0.1) is 0 Å². The summed E-state index contributed by atoms with van der Waals surface area (Å²) in [5, 5.41) is 3.38. The first kappa shape index (κ1) is 13.4. The van der Waals surface area contributed by atoms with Crippen LogP contribution in [0.2, 0.25) is 0 Å². The highest BCUT2D eigenvalue weighted by Gasteiger charge is 2.31. The van der Waals surface area contributed by atoms with Crippen LogP contribution < -0.4 is 5.32 Å². The number of rotatable bonds is 2. The summed E-state index contributed by atoms with van der Waals surface area (Å²) in [7, 11) is 0. The average Bonchev–Trinajstić information content (AvgIpc) is 3.02. The van der Waals surface area contributed by atoms with E-state index in [1.165, 1.54) is 51.6 Å². The molecule has 0 aromatic carbocycles. The zero-order chi connectivity index (χ0) is 13.1. The Morgan fingerprint density at radius 3 is 2.26 bits per heavy atom.